The highest BCUT2D eigenvalue weighted by Crippen LogP contribution is 2.28. The van der Waals surface area contributed by atoms with Gasteiger partial charge in [-0.05, 0) is 29.8 Å². The summed E-state index contributed by atoms with van der Waals surface area (Å²) >= 11 is 0. The van der Waals surface area contributed by atoms with Crippen molar-refractivity contribution in [3.63, 3.8) is 0 Å². The highest BCUT2D eigenvalue weighted by Gasteiger charge is 2.14. The van der Waals surface area contributed by atoms with E-state index in [4.69, 9.17) is 5.73 Å². The van der Waals surface area contributed by atoms with Crippen LogP contribution in [0.15, 0.2) is 48.7 Å². The molecule has 3 rings (SSSR count). The number of rotatable bonds is 2. The first kappa shape index (κ1) is 13.2. The van der Waals surface area contributed by atoms with Crippen LogP contribution in [-0.2, 0) is 0 Å². The molecule has 21 heavy (non-hydrogen) atoms. The van der Waals surface area contributed by atoms with Crippen LogP contribution in [0.3, 0.4) is 0 Å². The Morgan fingerprint density at radius 3 is 2.24 bits per heavy atom. The van der Waals surface area contributed by atoms with Crippen molar-refractivity contribution in [2.75, 3.05) is 5.73 Å². The molecule has 0 bridgehead atoms. The summed E-state index contributed by atoms with van der Waals surface area (Å²) in [5, 5.41) is 4.01. The fraction of sp³-hybridized carbons (Fsp3) is 0. The molecule has 0 unspecified atom stereocenters. The van der Waals surface area contributed by atoms with Crippen molar-refractivity contribution in [1.29, 1.82) is 0 Å². The van der Waals surface area contributed by atoms with E-state index in [1.807, 2.05) is 0 Å². The van der Waals surface area contributed by atoms with Gasteiger partial charge in [0.25, 0.3) is 0 Å². The van der Waals surface area contributed by atoms with Crippen molar-refractivity contribution in [2.45, 2.75) is 0 Å². The van der Waals surface area contributed by atoms with Crippen LogP contribution in [0, 0.1) is 17.5 Å². The molecule has 0 aliphatic rings. The Morgan fingerprint density at radius 1 is 0.905 bits per heavy atom. The predicted octanol–water partition coefficient (Wildman–Crippen LogP) is 3.54. The first-order chi connectivity index (χ1) is 10.1. The molecule has 6 heteroatoms. The zero-order chi connectivity index (χ0) is 15.0. The van der Waals surface area contributed by atoms with Gasteiger partial charge in [0.1, 0.15) is 23.1 Å². The van der Waals surface area contributed by atoms with Crippen LogP contribution in [0.1, 0.15) is 0 Å². The van der Waals surface area contributed by atoms with E-state index in [0.717, 1.165) is 12.1 Å². The summed E-state index contributed by atoms with van der Waals surface area (Å²) in [6.07, 6.45) is 1.45. The van der Waals surface area contributed by atoms with Crippen LogP contribution >= 0.6 is 0 Å². The number of nitrogens with zero attached hydrogens (tertiary/aromatic N) is 2. The number of nitrogen functional groups attached to an aromatic ring is 1. The predicted molar refractivity (Wildman–Crippen MR) is 73.3 cm³/mol. The Hall–Kier alpha value is -2.76. The summed E-state index contributed by atoms with van der Waals surface area (Å²) in [5.41, 5.74) is 7.20. The quantitative estimate of drug-likeness (QED) is 0.784. The maximum atomic E-state index is 13.8. The molecule has 0 aliphatic carbocycles. The molecule has 0 saturated carbocycles. The van der Waals surface area contributed by atoms with E-state index in [2.05, 4.69) is 5.10 Å². The van der Waals surface area contributed by atoms with E-state index in [-0.39, 0.29) is 17.3 Å². The Labute approximate surface area is 118 Å². The summed E-state index contributed by atoms with van der Waals surface area (Å²) in [4.78, 5) is 0. The molecule has 3 aromatic rings. The van der Waals surface area contributed by atoms with Gasteiger partial charge >= 0.3 is 0 Å². The normalized spacial score (nSPS) is 10.8. The van der Waals surface area contributed by atoms with Crippen molar-refractivity contribution < 1.29 is 13.2 Å². The van der Waals surface area contributed by atoms with Crippen LogP contribution < -0.4 is 5.73 Å². The average molecular weight is 289 g/mol. The number of anilines is 1. The standard InChI is InChI=1S/C15H10F3N3/c16-10-3-1-9(2-4-10)12-8-20-21(15(12)19)14-6-5-11(17)7-13(14)18/h1-8H,19H2. The minimum atomic E-state index is -0.768. The molecule has 0 radical (unpaired) electrons. The minimum Gasteiger partial charge on any atom is -0.383 e. The van der Waals surface area contributed by atoms with E-state index in [0.29, 0.717) is 11.1 Å². The Morgan fingerprint density at radius 2 is 1.57 bits per heavy atom. The van der Waals surface area contributed by atoms with E-state index >= 15 is 0 Å². The minimum absolute atomic E-state index is 0.0438. The molecule has 0 spiro atoms. The van der Waals surface area contributed by atoms with Crippen LogP contribution in [-0.4, -0.2) is 9.78 Å². The van der Waals surface area contributed by atoms with E-state index in [1.165, 1.54) is 29.1 Å². The van der Waals surface area contributed by atoms with Gasteiger partial charge in [-0.3, -0.25) is 0 Å². The van der Waals surface area contributed by atoms with Gasteiger partial charge in [0.2, 0.25) is 0 Å². The molecule has 1 heterocycles. The molecular weight excluding hydrogens is 279 g/mol. The maximum Gasteiger partial charge on any atom is 0.151 e. The molecule has 0 amide bonds. The van der Waals surface area contributed by atoms with Gasteiger partial charge in [-0.2, -0.15) is 5.10 Å². The summed E-state index contributed by atoms with van der Waals surface area (Å²) < 4.78 is 40.8. The van der Waals surface area contributed by atoms with Gasteiger partial charge in [0.15, 0.2) is 5.82 Å². The molecule has 2 aromatic carbocycles. The lowest BCUT2D eigenvalue weighted by Crippen LogP contribution is -2.04. The van der Waals surface area contributed by atoms with Gasteiger partial charge in [-0.25, -0.2) is 17.9 Å². The molecule has 106 valence electrons. The summed E-state index contributed by atoms with van der Waals surface area (Å²) in [7, 11) is 0. The number of aromatic nitrogens is 2. The van der Waals surface area contributed by atoms with Gasteiger partial charge in [-0.15, -0.1) is 0 Å². The number of halogens is 3. The molecule has 0 saturated heterocycles. The van der Waals surface area contributed by atoms with E-state index in [9.17, 15) is 13.2 Å². The van der Waals surface area contributed by atoms with E-state index < -0.39 is 11.6 Å². The number of benzene rings is 2. The van der Waals surface area contributed by atoms with Crippen LogP contribution in [0.5, 0.6) is 0 Å². The Kier molecular flexibility index (Phi) is 3.13. The molecule has 3 nitrogen and oxygen atoms in total. The van der Waals surface area contributed by atoms with Gasteiger partial charge < -0.3 is 5.73 Å². The van der Waals surface area contributed by atoms with Crippen molar-refractivity contribution in [3.05, 3.63) is 66.1 Å². The molecule has 1 aromatic heterocycles. The van der Waals surface area contributed by atoms with Crippen LogP contribution in [0.4, 0.5) is 19.0 Å². The van der Waals surface area contributed by atoms with Crippen molar-refractivity contribution in [2.24, 2.45) is 0 Å². The van der Waals surface area contributed by atoms with Gasteiger partial charge in [0.05, 0.1) is 6.20 Å². The zero-order valence-electron chi connectivity index (χ0n) is 10.7. The second kappa shape index (κ2) is 4.97. The third-order valence-electron chi connectivity index (χ3n) is 3.10. The lowest BCUT2D eigenvalue weighted by atomic mass is 10.1. The number of hydrogen-bond acceptors (Lipinski definition) is 2. The third kappa shape index (κ3) is 2.35. The highest BCUT2D eigenvalue weighted by molar-refractivity contribution is 5.74. The zero-order valence-corrected chi connectivity index (χ0v) is 10.7. The average Bonchev–Trinajstić information content (AvgIpc) is 2.82. The highest BCUT2D eigenvalue weighted by atomic mass is 19.1. The van der Waals surface area contributed by atoms with Gasteiger partial charge in [0, 0.05) is 11.6 Å². The molecule has 0 atom stereocenters. The van der Waals surface area contributed by atoms with Crippen molar-refractivity contribution in [1.82, 2.24) is 9.78 Å². The summed E-state index contributed by atoms with van der Waals surface area (Å²) in [6.45, 7) is 0. The topological polar surface area (TPSA) is 43.8 Å². The lowest BCUT2D eigenvalue weighted by molar-refractivity contribution is 0.574. The number of nitrogens with two attached hydrogens (primary N) is 1. The van der Waals surface area contributed by atoms with Crippen molar-refractivity contribution in [3.8, 4) is 16.8 Å². The second-order valence-electron chi connectivity index (χ2n) is 4.46. The smallest absolute Gasteiger partial charge is 0.151 e. The Balaban J connectivity index is 2.09. The van der Waals surface area contributed by atoms with Crippen LogP contribution in [0.25, 0.3) is 16.8 Å². The van der Waals surface area contributed by atoms with Crippen LogP contribution in [0.2, 0.25) is 0 Å². The third-order valence-corrected chi connectivity index (χ3v) is 3.10. The monoisotopic (exact) mass is 289 g/mol. The molecule has 0 aliphatic heterocycles. The maximum absolute atomic E-state index is 13.8. The van der Waals surface area contributed by atoms with E-state index in [1.54, 1.807) is 12.1 Å². The van der Waals surface area contributed by atoms with Gasteiger partial charge in [-0.1, -0.05) is 12.1 Å². The summed E-state index contributed by atoms with van der Waals surface area (Å²) in [5.74, 6) is -1.63. The fourth-order valence-electron chi connectivity index (χ4n) is 2.05. The SMILES string of the molecule is Nc1c(-c2ccc(F)cc2)cnn1-c1ccc(F)cc1F. The molecular formula is C15H10F3N3. The lowest BCUT2D eigenvalue weighted by Gasteiger charge is -2.06. The number of hydrogen-bond donors (Lipinski definition) is 1. The first-order valence-electron chi connectivity index (χ1n) is 6.11. The molecule has 0 fully saturated rings. The summed E-state index contributed by atoms with van der Waals surface area (Å²) in [6, 6.07) is 8.82. The molecule has 2 N–H and O–H groups in total. The largest absolute Gasteiger partial charge is 0.383 e. The second-order valence-corrected chi connectivity index (χ2v) is 4.46. The first-order valence-corrected chi connectivity index (χ1v) is 6.11. The fourth-order valence-corrected chi connectivity index (χ4v) is 2.05. The Bertz CT molecular complexity index is 794. The van der Waals surface area contributed by atoms with Crippen molar-refractivity contribution >= 4 is 5.82 Å².